The SMILES string of the molecule is COc1cc(CNC(c2ccc(F)cc2)c2nccn2C)cc(Cl)c1OC.O=C(O)C(=O)O. The van der Waals surface area contributed by atoms with Gasteiger partial charge in [0.25, 0.3) is 0 Å². The number of hydrogen-bond donors (Lipinski definition) is 3. The number of nitrogens with zero attached hydrogens (tertiary/aromatic N) is 2. The van der Waals surface area contributed by atoms with Crippen LogP contribution in [-0.2, 0) is 23.2 Å². The van der Waals surface area contributed by atoms with Gasteiger partial charge in [0.2, 0.25) is 0 Å². The van der Waals surface area contributed by atoms with Crippen LogP contribution in [0.5, 0.6) is 11.5 Å². The number of benzene rings is 2. The molecule has 0 saturated carbocycles. The molecule has 0 spiro atoms. The highest BCUT2D eigenvalue weighted by molar-refractivity contribution is 6.32. The minimum absolute atomic E-state index is 0.211. The van der Waals surface area contributed by atoms with Gasteiger partial charge in [0.05, 0.1) is 25.3 Å². The quantitative estimate of drug-likeness (QED) is 0.441. The number of carboxylic acid groups (broad SMARTS) is 2. The largest absolute Gasteiger partial charge is 0.493 e. The van der Waals surface area contributed by atoms with Gasteiger partial charge in [-0.2, -0.15) is 0 Å². The van der Waals surface area contributed by atoms with Gasteiger partial charge >= 0.3 is 11.9 Å². The first-order valence-electron chi connectivity index (χ1n) is 9.50. The molecule has 176 valence electrons. The Morgan fingerprint density at radius 1 is 1.15 bits per heavy atom. The van der Waals surface area contributed by atoms with E-state index in [1.165, 1.54) is 12.1 Å². The molecule has 1 aromatic heterocycles. The third-order valence-electron chi connectivity index (χ3n) is 4.51. The number of aliphatic carboxylic acids is 2. The number of methoxy groups -OCH3 is 2. The molecule has 0 aliphatic heterocycles. The maximum Gasteiger partial charge on any atom is 0.414 e. The molecule has 0 bridgehead atoms. The van der Waals surface area contributed by atoms with Crippen LogP contribution in [0.15, 0.2) is 48.8 Å². The highest BCUT2D eigenvalue weighted by Crippen LogP contribution is 2.36. The Morgan fingerprint density at radius 3 is 2.27 bits per heavy atom. The molecule has 1 heterocycles. The van der Waals surface area contributed by atoms with Gasteiger partial charge in [-0.25, -0.2) is 19.0 Å². The van der Waals surface area contributed by atoms with Crippen LogP contribution in [0.2, 0.25) is 5.02 Å². The normalized spacial score (nSPS) is 11.2. The Hall–Kier alpha value is -3.63. The maximum absolute atomic E-state index is 13.3. The average Bonchev–Trinajstić information content (AvgIpc) is 3.20. The number of aromatic nitrogens is 2. The molecule has 2 aromatic carbocycles. The van der Waals surface area contributed by atoms with Crippen molar-refractivity contribution in [3.63, 3.8) is 0 Å². The second-order valence-corrected chi connectivity index (χ2v) is 7.09. The van der Waals surface area contributed by atoms with Crippen molar-refractivity contribution >= 4 is 23.5 Å². The molecule has 3 rings (SSSR count). The monoisotopic (exact) mass is 479 g/mol. The smallest absolute Gasteiger partial charge is 0.414 e. The molecule has 0 saturated heterocycles. The van der Waals surface area contributed by atoms with E-state index in [-0.39, 0.29) is 11.9 Å². The molecule has 0 radical (unpaired) electrons. The lowest BCUT2D eigenvalue weighted by Crippen LogP contribution is -2.24. The molecule has 3 N–H and O–H groups in total. The van der Waals surface area contributed by atoms with Crippen molar-refractivity contribution in [1.82, 2.24) is 14.9 Å². The zero-order valence-electron chi connectivity index (χ0n) is 18.1. The number of hydrogen-bond acceptors (Lipinski definition) is 6. The summed E-state index contributed by atoms with van der Waals surface area (Å²) in [7, 11) is 5.04. The van der Waals surface area contributed by atoms with E-state index < -0.39 is 11.9 Å². The van der Waals surface area contributed by atoms with E-state index in [0.29, 0.717) is 23.1 Å². The fourth-order valence-electron chi connectivity index (χ4n) is 2.96. The van der Waals surface area contributed by atoms with E-state index in [2.05, 4.69) is 10.3 Å². The number of imidazole rings is 1. The summed E-state index contributed by atoms with van der Waals surface area (Å²) in [6, 6.07) is 9.89. The Kier molecular flexibility index (Phi) is 9.19. The summed E-state index contributed by atoms with van der Waals surface area (Å²) >= 11 is 6.30. The van der Waals surface area contributed by atoms with Crippen molar-refractivity contribution in [2.24, 2.45) is 7.05 Å². The number of halogens is 2. The Bertz CT molecular complexity index is 1090. The van der Waals surface area contributed by atoms with Gasteiger partial charge in [-0.3, -0.25) is 5.32 Å². The zero-order valence-corrected chi connectivity index (χ0v) is 18.8. The molecule has 3 aromatic rings. The van der Waals surface area contributed by atoms with E-state index in [9.17, 15) is 4.39 Å². The predicted octanol–water partition coefficient (Wildman–Crippen LogP) is 3.26. The summed E-state index contributed by atoms with van der Waals surface area (Å²) in [5, 5.41) is 18.7. The van der Waals surface area contributed by atoms with Gasteiger partial charge < -0.3 is 24.3 Å². The standard InChI is InChI=1S/C20H21ClFN3O2.C2H2O4/c1-25-9-8-23-20(25)18(14-4-6-15(22)7-5-14)24-12-13-10-16(21)19(27-3)17(11-13)26-2;3-1(4)2(5)6/h4-11,18,24H,12H2,1-3H3;(H,3,4)(H,5,6). The maximum atomic E-state index is 13.3. The number of carbonyl (C=O) groups is 2. The van der Waals surface area contributed by atoms with Gasteiger partial charge in [-0.1, -0.05) is 23.7 Å². The van der Waals surface area contributed by atoms with Crippen LogP contribution in [0.1, 0.15) is 23.0 Å². The van der Waals surface area contributed by atoms with Crippen molar-refractivity contribution in [2.75, 3.05) is 14.2 Å². The van der Waals surface area contributed by atoms with Crippen LogP contribution in [0.3, 0.4) is 0 Å². The third-order valence-corrected chi connectivity index (χ3v) is 4.79. The van der Waals surface area contributed by atoms with Gasteiger partial charge in [0, 0.05) is 26.0 Å². The topological polar surface area (TPSA) is 123 Å². The van der Waals surface area contributed by atoms with E-state index in [0.717, 1.165) is 17.0 Å². The van der Waals surface area contributed by atoms with Crippen LogP contribution in [0.25, 0.3) is 0 Å². The molecule has 11 heteroatoms. The molecule has 0 aliphatic rings. The molecular weight excluding hydrogens is 457 g/mol. The summed E-state index contributed by atoms with van der Waals surface area (Å²) < 4.78 is 25.9. The lowest BCUT2D eigenvalue weighted by Gasteiger charge is -2.20. The summed E-state index contributed by atoms with van der Waals surface area (Å²) in [6.45, 7) is 0.509. The highest BCUT2D eigenvalue weighted by atomic mass is 35.5. The van der Waals surface area contributed by atoms with E-state index in [4.69, 9.17) is 40.9 Å². The average molecular weight is 480 g/mol. The zero-order chi connectivity index (χ0) is 24.5. The molecule has 1 atom stereocenters. The second kappa shape index (κ2) is 11.8. The summed E-state index contributed by atoms with van der Waals surface area (Å²) in [5.74, 6) is -2.03. The first-order chi connectivity index (χ1) is 15.7. The molecule has 0 amide bonds. The van der Waals surface area contributed by atoms with E-state index >= 15 is 0 Å². The summed E-state index contributed by atoms with van der Waals surface area (Å²) in [5.41, 5.74) is 1.84. The Balaban J connectivity index is 0.000000569. The summed E-state index contributed by atoms with van der Waals surface area (Å²) in [6.07, 6.45) is 3.61. The van der Waals surface area contributed by atoms with Gasteiger partial charge in [0.15, 0.2) is 11.5 Å². The third kappa shape index (κ3) is 6.93. The second-order valence-electron chi connectivity index (χ2n) is 6.69. The van der Waals surface area contributed by atoms with Crippen LogP contribution in [0.4, 0.5) is 4.39 Å². The molecule has 9 nitrogen and oxygen atoms in total. The van der Waals surface area contributed by atoms with Crippen molar-refractivity contribution in [3.8, 4) is 11.5 Å². The Labute approximate surface area is 194 Å². The molecule has 33 heavy (non-hydrogen) atoms. The highest BCUT2D eigenvalue weighted by Gasteiger charge is 2.19. The molecular formula is C22H23ClFN3O6. The lowest BCUT2D eigenvalue weighted by atomic mass is 10.1. The number of ether oxygens (including phenoxy) is 2. The van der Waals surface area contributed by atoms with Crippen molar-refractivity contribution in [1.29, 1.82) is 0 Å². The number of carboxylic acids is 2. The van der Waals surface area contributed by atoms with Crippen LogP contribution in [0, 0.1) is 5.82 Å². The van der Waals surface area contributed by atoms with Gasteiger partial charge in [-0.05, 0) is 35.4 Å². The first kappa shape index (κ1) is 25.6. The number of nitrogens with one attached hydrogen (secondary N) is 1. The number of aryl methyl sites for hydroxylation is 1. The van der Waals surface area contributed by atoms with Crippen LogP contribution >= 0.6 is 11.6 Å². The number of rotatable bonds is 7. The van der Waals surface area contributed by atoms with Crippen molar-refractivity contribution in [2.45, 2.75) is 12.6 Å². The molecule has 1 unspecified atom stereocenters. The van der Waals surface area contributed by atoms with Crippen LogP contribution < -0.4 is 14.8 Å². The fraction of sp³-hybridized carbons (Fsp3) is 0.227. The summed E-state index contributed by atoms with van der Waals surface area (Å²) in [4.78, 5) is 22.6. The predicted molar refractivity (Wildman–Crippen MR) is 118 cm³/mol. The van der Waals surface area contributed by atoms with Crippen molar-refractivity contribution in [3.05, 3.63) is 76.6 Å². The van der Waals surface area contributed by atoms with Crippen molar-refractivity contribution < 1.29 is 33.7 Å². The van der Waals surface area contributed by atoms with Gasteiger partial charge in [0.1, 0.15) is 11.6 Å². The minimum Gasteiger partial charge on any atom is -0.493 e. The molecule has 0 aliphatic carbocycles. The lowest BCUT2D eigenvalue weighted by molar-refractivity contribution is -0.159. The Morgan fingerprint density at radius 2 is 1.79 bits per heavy atom. The van der Waals surface area contributed by atoms with Gasteiger partial charge in [-0.15, -0.1) is 0 Å². The first-order valence-corrected chi connectivity index (χ1v) is 9.88. The van der Waals surface area contributed by atoms with Crippen LogP contribution in [-0.4, -0.2) is 45.9 Å². The van der Waals surface area contributed by atoms with E-state index in [1.54, 1.807) is 32.5 Å². The molecule has 0 fully saturated rings. The van der Waals surface area contributed by atoms with E-state index in [1.807, 2.05) is 29.9 Å². The fourth-order valence-corrected chi connectivity index (χ4v) is 3.27. The minimum atomic E-state index is -1.82.